The van der Waals surface area contributed by atoms with Crippen molar-refractivity contribution in [3.63, 3.8) is 0 Å². The molecule has 0 aliphatic rings. The molecule has 0 bridgehead atoms. The second kappa shape index (κ2) is 9.73. The van der Waals surface area contributed by atoms with Crippen LogP contribution in [-0.4, -0.2) is 33.5 Å². The molecule has 0 saturated carbocycles. The van der Waals surface area contributed by atoms with Crippen LogP contribution in [0.1, 0.15) is 31.7 Å². The maximum Gasteiger partial charge on any atom is 0.224 e. The fourth-order valence-electron chi connectivity index (χ4n) is 3.36. The average Bonchev–Trinajstić information content (AvgIpc) is 3.06. The van der Waals surface area contributed by atoms with Gasteiger partial charge in [-0.25, -0.2) is 0 Å². The highest BCUT2D eigenvalue weighted by Gasteiger charge is 2.12. The molecule has 0 aliphatic carbocycles. The van der Waals surface area contributed by atoms with Crippen LogP contribution in [-0.2, 0) is 24.2 Å². The van der Waals surface area contributed by atoms with Crippen LogP contribution < -0.4 is 5.32 Å². The Balaban J connectivity index is 1.52. The van der Waals surface area contributed by atoms with Gasteiger partial charge in [-0.15, -0.1) is 10.2 Å². The molecule has 1 amide bonds. The fourth-order valence-corrected chi connectivity index (χ4v) is 3.88. The Morgan fingerprint density at radius 3 is 2.71 bits per heavy atom. The van der Waals surface area contributed by atoms with E-state index in [0.717, 1.165) is 41.3 Å². The van der Waals surface area contributed by atoms with Gasteiger partial charge in [0.05, 0.1) is 6.42 Å². The van der Waals surface area contributed by atoms with Crippen LogP contribution in [0.4, 0.5) is 0 Å². The molecule has 0 saturated heterocycles. The molecule has 0 atom stereocenters. The fraction of sp³-hybridized carbons (Fsp3) is 0.409. The minimum absolute atomic E-state index is 0.0600. The van der Waals surface area contributed by atoms with Crippen molar-refractivity contribution in [3.8, 4) is 0 Å². The highest BCUT2D eigenvalue weighted by molar-refractivity contribution is 7.98. The molecule has 3 aromatic rings. The predicted octanol–water partition coefficient (Wildman–Crippen LogP) is 4.10. The second-order valence-corrected chi connectivity index (χ2v) is 8.15. The number of nitrogens with one attached hydrogen (secondary N) is 1. The molecule has 1 aromatic heterocycles. The van der Waals surface area contributed by atoms with Crippen LogP contribution in [0.25, 0.3) is 10.8 Å². The Morgan fingerprint density at radius 2 is 1.93 bits per heavy atom. The third-order valence-electron chi connectivity index (χ3n) is 4.65. The number of fused-ring (bicyclic) bond motifs is 1. The van der Waals surface area contributed by atoms with Crippen LogP contribution >= 0.6 is 11.8 Å². The molecular formula is C22H28N4OS. The summed E-state index contributed by atoms with van der Waals surface area (Å²) >= 11 is 1.62. The summed E-state index contributed by atoms with van der Waals surface area (Å²) in [5, 5.41) is 14.9. The Labute approximate surface area is 170 Å². The van der Waals surface area contributed by atoms with Gasteiger partial charge in [0.15, 0.2) is 5.16 Å². The summed E-state index contributed by atoms with van der Waals surface area (Å²) < 4.78 is 2.20. The van der Waals surface area contributed by atoms with Crippen LogP contribution in [0.3, 0.4) is 0 Å². The zero-order valence-electron chi connectivity index (χ0n) is 16.8. The molecule has 0 aliphatic heterocycles. The minimum atomic E-state index is 0.0600. The van der Waals surface area contributed by atoms with E-state index in [4.69, 9.17) is 0 Å². The van der Waals surface area contributed by atoms with Gasteiger partial charge in [0, 0.05) is 19.5 Å². The summed E-state index contributed by atoms with van der Waals surface area (Å²) in [4.78, 5) is 12.4. The van der Waals surface area contributed by atoms with Crippen LogP contribution in [0.5, 0.6) is 0 Å². The minimum Gasteiger partial charge on any atom is -0.356 e. The number of carbonyl (C=O) groups is 1. The number of benzene rings is 2. The molecule has 6 heteroatoms. The van der Waals surface area contributed by atoms with E-state index in [1.165, 1.54) is 5.39 Å². The summed E-state index contributed by atoms with van der Waals surface area (Å²) in [6, 6.07) is 14.3. The van der Waals surface area contributed by atoms with Crippen molar-refractivity contribution in [1.82, 2.24) is 20.1 Å². The van der Waals surface area contributed by atoms with E-state index in [2.05, 4.69) is 52.1 Å². The van der Waals surface area contributed by atoms with E-state index >= 15 is 0 Å². The number of aryl methyl sites for hydroxylation is 1. The largest absolute Gasteiger partial charge is 0.356 e. The maximum atomic E-state index is 12.4. The Hall–Kier alpha value is -2.34. The molecule has 0 fully saturated rings. The lowest BCUT2D eigenvalue weighted by Gasteiger charge is -2.12. The van der Waals surface area contributed by atoms with Gasteiger partial charge in [0.25, 0.3) is 0 Å². The van der Waals surface area contributed by atoms with Gasteiger partial charge in [-0.2, -0.15) is 0 Å². The van der Waals surface area contributed by atoms with Gasteiger partial charge in [0.2, 0.25) is 5.91 Å². The lowest BCUT2D eigenvalue weighted by atomic mass is 10.0. The molecule has 1 heterocycles. The third-order valence-corrected chi connectivity index (χ3v) is 5.32. The summed E-state index contributed by atoms with van der Waals surface area (Å²) in [5.74, 6) is 1.60. The topological polar surface area (TPSA) is 59.8 Å². The monoisotopic (exact) mass is 396 g/mol. The quantitative estimate of drug-likeness (QED) is 0.437. The summed E-state index contributed by atoms with van der Waals surface area (Å²) in [6.45, 7) is 5.96. The number of hydrogen-bond acceptors (Lipinski definition) is 4. The van der Waals surface area contributed by atoms with E-state index in [0.29, 0.717) is 18.9 Å². The van der Waals surface area contributed by atoms with Crippen molar-refractivity contribution in [1.29, 1.82) is 0 Å². The zero-order valence-corrected chi connectivity index (χ0v) is 17.6. The van der Waals surface area contributed by atoms with Crippen molar-refractivity contribution in [2.45, 2.75) is 44.8 Å². The Morgan fingerprint density at radius 1 is 1.14 bits per heavy atom. The van der Waals surface area contributed by atoms with Gasteiger partial charge in [-0.1, -0.05) is 68.1 Å². The first kappa shape index (κ1) is 20.4. The molecule has 2 aromatic carbocycles. The number of amides is 1. The second-order valence-electron chi connectivity index (χ2n) is 7.38. The molecule has 5 nitrogen and oxygen atoms in total. The first-order chi connectivity index (χ1) is 13.6. The van der Waals surface area contributed by atoms with Crippen molar-refractivity contribution in [2.75, 3.05) is 12.8 Å². The molecule has 0 unspecified atom stereocenters. The molecule has 0 spiro atoms. The smallest absolute Gasteiger partial charge is 0.224 e. The number of hydrogen-bond donors (Lipinski definition) is 1. The first-order valence-electron chi connectivity index (χ1n) is 9.78. The summed E-state index contributed by atoms with van der Waals surface area (Å²) in [5.41, 5.74) is 1.07. The molecule has 0 radical (unpaired) electrons. The van der Waals surface area contributed by atoms with E-state index in [1.54, 1.807) is 11.8 Å². The van der Waals surface area contributed by atoms with Crippen molar-refractivity contribution in [3.05, 3.63) is 53.9 Å². The summed E-state index contributed by atoms with van der Waals surface area (Å²) in [6.07, 6.45) is 4.10. The molecule has 28 heavy (non-hydrogen) atoms. The van der Waals surface area contributed by atoms with Gasteiger partial charge in [0.1, 0.15) is 5.82 Å². The van der Waals surface area contributed by atoms with E-state index in [1.807, 2.05) is 30.5 Å². The molecular weight excluding hydrogens is 368 g/mol. The zero-order chi connectivity index (χ0) is 19.9. The SMILES string of the molecule is CSc1nnc(CCCNC(=O)Cc2cccc3ccccc23)n1CC(C)C. The number of aromatic nitrogens is 3. The molecule has 1 N–H and O–H groups in total. The highest BCUT2D eigenvalue weighted by Crippen LogP contribution is 2.19. The molecule has 148 valence electrons. The standard InChI is InChI=1S/C22H28N4OS/c1-16(2)15-26-20(24-25-22(26)28-3)12-7-13-23-21(27)14-18-10-6-9-17-8-4-5-11-19(17)18/h4-6,8-11,16H,7,12-15H2,1-3H3,(H,23,27). The van der Waals surface area contributed by atoms with Crippen molar-refractivity contribution in [2.24, 2.45) is 5.92 Å². The lowest BCUT2D eigenvalue weighted by molar-refractivity contribution is -0.120. The number of rotatable bonds is 9. The van der Waals surface area contributed by atoms with E-state index in [9.17, 15) is 4.79 Å². The third kappa shape index (κ3) is 5.13. The average molecular weight is 397 g/mol. The van der Waals surface area contributed by atoms with E-state index < -0.39 is 0 Å². The number of carbonyl (C=O) groups excluding carboxylic acids is 1. The van der Waals surface area contributed by atoms with Crippen LogP contribution in [0, 0.1) is 5.92 Å². The van der Waals surface area contributed by atoms with Crippen LogP contribution in [0.2, 0.25) is 0 Å². The first-order valence-corrected chi connectivity index (χ1v) is 11.0. The highest BCUT2D eigenvalue weighted by atomic mass is 32.2. The maximum absolute atomic E-state index is 12.4. The van der Waals surface area contributed by atoms with Gasteiger partial charge in [-0.05, 0) is 34.9 Å². The van der Waals surface area contributed by atoms with Crippen molar-refractivity contribution >= 4 is 28.4 Å². The predicted molar refractivity (Wildman–Crippen MR) is 116 cm³/mol. The summed E-state index contributed by atoms with van der Waals surface area (Å²) in [7, 11) is 0. The Bertz CT molecular complexity index is 930. The normalized spacial score (nSPS) is 11.3. The lowest BCUT2D eigenvalue weighted by Crippen LogP contribution is -2.26. The van der Waals surface area contributed by atoms with Gasteiger partial charge >= 0.3 is 0 Å². The number of thioether (sulfide) groups is 1. The van der Waals surface area contributed by atoms with Gasteiger partial charge in [-0.3, -0.25) is 4.79 Å². The van der Waals surface area contributed by atoms with Crippen molar-refractivity contribution < 1.29 is 4.79 Å². The van der Waals surface area contributed by atoms with E-state index in [-0.39, 0.29) is 5.91 Å². The Kier molecular flexibility index (Phi) is 7.09. The number of nitrogens with zero attached hydrogens (tertiary/aromatic N) is 3. The van der Waals surface area contributed by atoms with Crippen LogP contribution in [0.15, 0.2) is 47.6 Å². The van der Waals surface area contributed by atoms with Gasteiger partial charge < -0.3 is 9.88 Å². The molecule has 3 rings (SSSR count).